The summed E-state index contributed by atoms with van der Waals surface area (Å²) in [7, 11) is 0. The van der Waals surface area contributed by atoms with Gasteiger partial charge in [-0.15, -0.1) is 0 Å². The Labute approximate surface area is 106 Å². The topological polar surface area (TPSA) is 54.4 Å². The molecule has 0 fully saturated rings. The molecule has 1 aromatic heterocycles. The molecule has 4 heteroatoms. The largest absolute Gasteiger partial charge is 0.361 e. The smallest absolute Gasteiger partial charge is 0.331 e. The zero-order valence-electron chi connectivity index (χ0n) is 10.6. The van der Waals surface area contributed by atoms with Crippen LogP contribution in [0.2, 0.25) is 0 Å². The molecule has 0 amide bonds. The number of hydrogen-bond donors (Lipinski definition) is 1. The number of aromatic amines is 1. The number of hydrogen-bond acceptors (Lipinski definition) is 3. The van der Waals surface area contributed by atoms with Gasteiger partial charge in [0, 0.05) is 24.0 Å². The summed E-state index contributed by atoms with van der Waals surface area (Å²) in [6.07, 6.45) is 3.67. The lowest BCUT2D eigenvalue weighted by molar-refractivity contribution is -0.140. The Morgan fingerprint density at radius 1 is 1.33 bits per heavy atom. The van der Waals surface area contributed by atoms with Gasteiger partial charge in [-0.2, -0.15) is 0 Å². The molecule has 94 valence electrons. The molecule has 1 N–H and O–H groups in total. The van der Waals surface area contributed by atoms with Crippen molar-refractivity contribution in [1.29, 1.82) is 0 Å². The standard InChI is InChI=1S/C14H16N2O2/c1-10(16-18-11(2)17)7-8-12-9-15-14-6-4-3-5-13(12)14/h3-6,9,15H,7-8H2,1-2H3/b16-10-. The number of H-pyrrole nitrogens is 1. The SMILES string of the molecule is CC(=O)O/N=C(/C)CCc1c[nH]c2ccccc12. The second-order valence-electron chi connectivity index (χ2n) is 4.27. The normalized spacial score (nSPS) is 11.8. The number of nitrogens with one attached hydrogen (secondary N) is 1. The monoisotopic (exact) mass is 244 g/mol. The van der Waals surface area contributed by atoms with Crippen LogP contribution in [0.5, 0.6) is 0 Å². The maximum Gasteiger partial charge on any atom is 0.331 e. The summed E-state index contributed by atoms with van der Waals surface area (Å²) >= 11 is 0. The summed E-state index contributed by atoms with van der Waals surface area (Å²) in [4.78, 5) is 18.5. The first-order valence-corrected chi connectivity index (χ1v) is 5.93. The number of para-hydroxylation sites is 1. The van der Waals surface area contributed by atoms with Gasteiger partial charge in [0.05, 0.1) is 5.71 Å². The van der Waals surface area contributed by atoms with Gasteiger partial charge in [0.1, 0.15) is 0 Å². The van der Waals surface area contributed by atoms with Crippen LogP contribution in [0.1, 0.15) is 25.8 Å². The molecule has 0 aliphatic carbocycles. The number of carbonyl (C=O) groups is 1. The summed E-state index contributed by atoms with van der Waals surface area (Å²) < 4.78 is 0. The molecule has 4 nitrogen and oxygen atoms in total. The molecule has 0 radical (unpaired) electrons. The number of oxime groups is 1. The molecular weight excluding hydrogens is 228 g/mol. The lowest BCUT2D eigenvalue weighted by atomic mass is 10.1. The fraction of sp³-hybridized carbons (Fsp3) is 0.286. The predicted octanol–water partition coefficient (Wildman–Crippen LogP) is 3.04. The van der Waals surface area contributed by atoms with Crippen molar-refractivity contribution in [1.82, 2.24) is 4.98 Å². The zero-order chi connectivity index (χ0) is 13.0. The number of benzene rings is 1. The number of carbonyl (C=O) groups excluding carboxylic acids is 1. The second-order valence-corrected chi connectivity index (χ2v) is 4.27. The number of nitrogens with zero attached hydrogens (tertiary/aromatic N) is 1. The van der Waals surface area contributed by atoms with Crippen molar-refractivity contribution >= 4 is 22.6 Å². The van der Waals surface area contributed by atoms with Crippen molar-refractivity contribution < 1.29 is 9.63 Å². The van der Waals surface area contributed by atoms with Crippen LogP contribution >= 0.6 is 0 Å². The van der Waals surface area contributed by atoms with Gasteiger partial charge in [-0.25, -0.2) is 4.79 Å². The Balaban J connectivity index is 2.02. The maximum atomic E-state index is 10.6. The highest BCUT2D eigenvalue weighted by Gasteiger charge is 2.03. The molecule has 1 heterocycles. The highest BCUT2D eigenvalue weighted by atomic mass is 16.7. The van der Waals surface area contributed by atoms with E-state index in [1.807, 2.05) is 25.3 Å². The van der Waals surface area contributed by atoms with Crippen LogP contribution < -0.4 is 0 Å². The Morgan fingerprint density at radius 2 is 2.11 bits per heavy atom. The van der Waals surface area contributed by atoms with Gasteiger partial charge in [0.25, 0.3) is 0 Å². The molecule has 0 aliphatic rings. The number of aromatic nitrogens is 1. The highest BCUT2D eigenvalue weighted by Crippen LogP contribution is 2.19. The first-order valence-electron chi connectivity index (χ1n) is 5.93. The Kier molecular flexibility index (Phi) is 3.77. The van der Waals surface area contributed by atoms with Crippen LogP contribution in [-0.4, -0.2) is 16.7 Å². The van der Waals surface area contributed by atoms with Gasteiger partial charge in [-0.05, 0) is 31.4 Å². The Bertz CT molecular complexity index is 584. The summed E-state index contributed by atoms with van der Waals surface area (Å²) in [5.41, 5.74) is 3.21. The average molecular weight is 244 g/mol. The average Bonchev–Trinajstić information content (AvgIpc) is 2.77. The van der Waals surface area contributed by atoms with Gasteiger partial charge in [0.15, 0.2) is 0 Å². The van der Waals surface area contributed by atoms with E-state index in [4.69, 9.17) is 0 Å². The van der Waals surface area contributed by atoms with Crippen LogP contribution in [0.3, 0.4) is 0 Å². The summed E-state index contributed by atoms with van der Waals surface area (Å²) in [5.74, 6) is -0.388. The van der Waals surface area contributed by atoms with Crippen LogP contribution in [0.4, 0.5) is 0 Å². The van der Waals surface area contributed by atoms with Crippen LogP contribution in [0.15, 0.2) is 35.6 Å². The van der Waals surface area contributed by atoms with Gasteiger partial charge >= 0.3 is 5.97 Å². The number of fused-ring (bicyclic) bond motifs is 1. The summed E-state index contributed by atoms with van der Waals surface area (Å²) in [6.45, 7) is 3.20. The molecule has 0 bridgehead atoms. The predicted molar refractivity (Wildman–Crippen MR) is 71.5 cm³/mol. The van der Waals surface area contributed by atoms with E-state index in [2.05, 4.69) is 27.1 Å². The third-order valence-electron chi connectivity index (χ3n) is 2.76. The van der Waals surface area contributed by atoms with Crippen molar-refractivity contribution in [2.24, 2.45) is 5.16 Å². The molecular formula is C14H16N2O2. The minimum absolute atomic E-state index is 0.388. The van der Waals surface area contributed by atoms with E-state index in [9.17, 15) is 4.79 Å². The van der Waals surface area contributed by atoms with E-state index in [0.29, 0.717) is 0 Å². The Hall–Kier alpha value is -2.10. The van der Waals surface area contributed by atoms with Crippen molar-refractivity contribution in [2.75, 3.05) is 0 Å². The van der Waals surface area contributed by atoms with Crippen LogP contribution in [0.25, 0.3) is 10.9 Å². The third kappa shape index (κ3) is 2.97. The molecule has 0 aliphatic heterocycles. The molecule has 2 aromatic rings. The molecule has 0 saturated carbocycles. The molecule has 1 aromatic carbocycles. The van der Waals surface area contributed by atoms with Crippen molar-refractivity contribution in [3.05, 3.63) is 36.0 Å². The summed E-state index contributed by atoms with van der Waals surface area (Å²) in [6, 6.07) is 8.19. The van der Waals surface area contributed by atoms with Gasteiger partial charge < -0.3 is 9.82 Å². The number of rotatable bonds is 4. The maximum absolute atomic E-state index is 10.6. The van der Waals surface area contributed by atoms with E-state index in [-0.39, 0.29) is 5.97 Å². The van der Waals surface area contributed by atoms with E-state index in [1.54, 1.807) is 0 Å². The highest BCUT2D eigenvalue weighted by molar-refractivity contribution is 5.85. The van der Waals surface area contributed by atoms with E-state index >= 15 is 0 Å². The molecule has 0 spiro atoms. The quantitative estimate of drug-likeness (QED) is 0.510. The first kappa shape index (κ1) is 12.4. The van der Waals surface area contributed by atoms with E-state index in [0.717, 1.165) is 24.1 Å². The molecule has 2 rings (SSSR count). The third-order valence-corrected chi connectivity index (χ3v) is 2.76. The minimum Gasteiger partial charge on any atom is -0.361 e. The van der Waals surface area contributed by atoms with Crippen LogP contribution in [-0.2, 0) is 16.1 Å². The Morgan fingerprint density at radius 3 is 2.89 bits per heavy atom. The van der Waals surface area contributed by atoms with Crippen molar-refractivity contribution in [2.45, 2.75) is 26.7 Å². The molecule has 0 atom stereocenters. The fourth-order valence-electron chi connectivity index (χ4n) is 1.84. The lowest BCUT2D eigenvalue weighted by Crippen LogP contribution is -1.99. The van der Waals surface area contributed by atoms with Crippen molar-refractivity contribution in [3.8, 4) is 0 Å². The molecule has 0 saturated heterocycles. The van der Waals surface area contributed by atoms with Crippen molar-refractivity contribution in [3.63, 3.8) is 0 Å². The first-order chi connectivity index (χ1) is 8.66. The van der Waals surface area contributed by atoms with E-state index in [1.165, 1.54) is 17.9 Å². The van der Waals surface area contributed by atoms with Crippen LogP contribution in [0, 0.1) is 0 Å². The van der Waals surface area contributed by atoms with Gasteiger partial charge in [-0.1, -0.05) is 23.4 Å². The van der Waals surface area contributed by atoms with Gasteiger partial charge in [-0.3, -0.25) is 0 Å². The summed E-state index contributed by atoms with van der Waals surface area (Å²) in [5, 5.41) is 4.99. The second kappa shape index (κ2) is 5.49. The zero-order valence-corrected chi connectivity index (χ0v) is 10.6. The lowest BCUT2D eigenvalue weighted by Gasteiger charge is -1.99. The molecule has 0 unspecified atom stereocenters. The molecule has 18 heavy (non-hydrogen) atoms. The number of aryl methyl sites for hydroxylation is 1. The fourth-order valence-corrected chi connectivity index (χ4v) is 1.84. The van der Waals surface area contributed by atoms with Gasteiger partial charge in [0.2, 0.25) is 0 Å². The minimum atomic E-state index is -0.388. The van der Waals surface area contributed by atoms with E-state index < -0.39 is 0 Å².